The lowest BCUT2D eigenvalue weighted by atomic mass is 10.2. The topological polar surface area (TPSA) is 57.0 Å². The summed E-state index contributed by atoms with van der Waals surface area (Å²) in [6, 6.07) is 0. The molecule has 0 saturated carbocycles. The largest absolute Gasteiger partial charge is 0.378 e. The second-order valence-electron chi connectivity index (χ2n) is 4.62. The van der Waals surface area contributed by atoms with Gasteiger partial charge in [-0.05, 0) is 19.3 Å². The van der Waals surface area contributed by atoms with Crippen LogP contribution in [0, 0.1) is 0 Å². The third-order valence-corrected chi connectivity index (χ3v) is 4.13. The van der Waals surface area contributed by atoms with E-state index in [1.165, 1.54) is 0 Å². The number of aromatic nitrogens is 3. The molecule has 0 aromatic carbocycles. The summed E-state index contributed by atoms with van der Waals surface area (Å²) in [5.41, 5.74) is 2.83. The van der Waals surface area contributed by atoms with Crippen molar-refractivity contribution in [2.75, 3.05) is 7.11 Å². The average Bonchev–Trinajstić information content (AvgIpc) is 3.03. The normalized spacial score (nSPS) is 13.7. The highest BCUT2D eigenvalue weighted by Crippen LogP contribution is 2.16. The van der Waals surface area contributed by atoms with Gasteiger partial charge in [0.05, 0.1) is 30.9 Å². The lowest BCUT2D eigenvalue weighted by Gasteiger charge is -2.05. The molecule has 2 aromatic heterocycles. The van der Waals surface area contributed by atoms with Gasteiger partial charge in [-0.25, -0.2) is 9.97 Å². The van der Waals surface area contributed by atoms with Crippen LogP contribution >= 0.6 is 11.3 Å². The first-order chi connectivity index (χ1) is 9.28. The van der Waals surface area contributed by atoms with Crippen molar-refractivity contribution in [1.29, 1.82) is 0 Å². The van der Waals surface area contributed by atoms with E-state index in [0.29, 0.717) is 13.2 Å². The van der Waals surface area contributed by atoms with Crippen LogP contribution in [0.5, 0.6) is 0 Å². The number of methoxy groups -OCH3 is 1. The smallest absolute Gasteiger partial charge is 0.257 e. The van der Waals surface area contributed by atoms with E-state index >= 15 is 0 Å². The van der Waals surface area contributed by atoms with Crippen LogP contribution in [-0.4, -0.2) is 21.6 Å². The molecule has 0 fully saturated rings. The molecule has 0 radical (unpaired) electrons. The maximum atomic E-state index is 12.3. The first-order valence-corrected chi connectivity index (χ1v) is 7.15. The Balaban J connectivity index is 1.85. The number of aryl methyl sites for hydroxylation is 1. The van der Waals surface area contributed by atoms with Crippen LogP contribution in [0.3, 0.4) is 0 Å². The molecule has 2 heterocycles. The zero-order chi connectivity index (χ0) is 13.2. The highest BCUT2D eigenvalue weighted by atomic mass is 32.1. The minimum absolute atomic E-state index is 0.0868. The molecule has 2 aromatic rings. The van der Waals surface area contributed by atoms with Gasteiger partial charge >= 0.3 is 0 Å². The average molecular weight is 277 g/mol. The molecule has 3 rings (SSSR count). The Bertz CT molecular complexity index is 648. The second-order valence-corrected chi connectivity index (χ2v) is 5.56. The molecule has 0 saturated heterocycles. The number of thiazole rings is 1. The minimum atomic E-state index is 0.0868. The molecular weight excluding hydrogens is 262 g/mol. The fourth-order valence-electron chi connectivity index (χ4n) is 2.36. The van der Waals surface area contributed by atoms with Gasteiger partial charge in [0.15, 0.2) is 0 Å². The highest BCUT2D eigenvalue weighted by molar-refractivity contribution is 7.09. The summed E-state index contributed by atoms with van der Waals surface area (Å²) < 4.78 is 6.69. The van der Waals surface area contributed by atoms with E-state index in [0.717, 1.165) is 41.2 Å². The predicted molar refractivity (Wildman–Crippen MR) is 72.5 cm³/mol. The van der Waals surface area contributed by atoms with Crippen molar-refractivity contribution in [2.24, 2.45) is 0 Å². The standard InChI is InChI=1S/C13H15N3O2S/c1-18-6-12-15-9(7-19-12)5-16-8-14-11-4-2-3-10(11)13(16)17/h7-8H,2-6H2,1H3. The van der Waals surface area contributed by atoms with E-state index in [2.05, 4.69) is 9.97 Å². The van der Waals surface area contributed by atoms with E-state index < -0.39 is 0 Å². The number of nitrogens with zero attached hydrogens (tertiary/aromatic N) is 3. The Hall–Kier alpha value is -1.53. The molecule has 0 spiro atoms. The van der Waals surface area contributed by atoms with E-state index in [1.807, 2.05) is 5.38 Å². The van der Waals surface area contributed by atoms with Crippen LogP contribution in [0.4, 0.5) is 0 Å². The predicted octanol–water partition coefficient (Wildman–Crippen LogP) is 1.38. The van der Waals surface area contributed by atoms with Crippen LogP contribution in [0.2, 0.25) is 0 Å². The van der Waals surface area contributed by atoms with Gasteiger partial charge in [0.25, 0.3) is 5.56 Å². The van der Waals surface area contributed by atoms with Gasteiger partial charge in [-0.1, -0.05) is 0 Å². The molecular formula is C13H15N3O2S. The Morgan fingerprint density at radius 2 is 2.37 bits per heavy atom. The third kappa shape index (κ3) is 2.46. The van der Waals surface area contributed by atoms with Crippen molar-refractivity contribution in [3.8, 4) is 0 Å². The number of fused-ring (bicyclic) bond motifs is 1. The molecule has 5 nitrogen and oxygen atoms in total. The van der Waals surface area contributed by atoms with E-state index in [-0.39, 0.29) is 5.56 Å². The van der Waals surface area contributed by atoms with Crippen LogP contribution in [0.1, 0.15) is 28.4 Å². The lowest BCUT2D eigenvalue weighted by molar-refractivity contribution is 0.184. The van der Waals surface area contributed by atoms with Gasteiger partial charge in [0, 0.05) is 18.1 Å². The number of rotatable bonds is 4. The van der Waals surface area contributed by atoms with Crippen molar-refractivity contribution in [1.82, 2.24) is 14.5 Å². The Morgan fingerprint density at radius 3 is 3.21 bits per heavy atom. The van der Waals surface area contributed by atoms with Crippen molar-refractivity contribution < 1.29 is 4.74 Å². The fourth-order valence-corrected chi connectivity index (χ4v) is 3.12. The first-order valence-electron chi connectivity index (χ1n) is 6.27. The Labute approximate surface area is 114 Å². The molecule has 0 bridgehead atoms. The molecule has 1 aliphatic rings. The maximum Gasteiger partial charge on any atom is 0.257 e. The zero-order valence-corrected chi connectivity index (χ0v) is 11.6. The highest BCUT2D eigenvalue weighted by Gasteiger charge is 2.17. The number of hydrogen-bond acceptors (Lipinski definition) is 5. The Morgan fingerprint density at radius 1 is 1.47 bits per heavy atom. The van der Waals surface area contributed by atoms with Crippen molar-refractivity contribution in [3.05, 3.63) is 44.0 Å². The minimum Gasteiger partial charge on any atom is -0.378 e. The number of hydrogen-bond donors (Lipinski definition) is 0. The summed E-state index contributed by atoms with van der Waals surface area (Å²) in [5, 5.41) is 2.90. The second kappa shape index (κ2) is 5.22. The van der Waals surface area contributed by atoms with E-state index in [1.54, 1.807) is 29.3 Å². The van der Waals surface area contributed by atoms with Crippen molar-refractivity contribution in [3.63, 3.8) is 0 Å². The van der Waals surface area contributed by atoms with Crippen LogP contribution < -0.4 is 5.56 Å². The monoisotopic (exact) mass is 277 g/mol. The van der Waals surface area contributed by atoms with Crippen molar-refractivity contribution >= 4 is 11.3 Å². The molecule has 0 N–H and O–H groups in total. The van der Waals surface area contributed by atoms with Gasteiger partial charge in [-0.2, -0.15) is 0 Å². The van der Waals surface area contributed by atoms with E-state index in [9.17, 15) is 4.79 Å². The van der Waals surface area contributed by atoms with Gasteiger partial charge in [-0.3, -0.25) is 9.36 Å². The van der Waals surface area contributed by atoms with Gasteiger partial charge in [-0.15, -0.1) is 11.3 Å². The molecule has 0 amide bonds. The molecule has 19 heavy (non-hydrogen) atoms. The van der Waals surface area contributed by atoms with E-state index in [4.69, 9.17) is 4.74 Å². The third-order valence-electron chi connectivity index (χ3n) is 3.26. The summed E-state index contributed by atoms with van der Waals surface area (Å²) in [5.74, 6) is 0. The van der Waals surface area contributed by atoms with Gasteiger partial charge < -0.3 is 4.74 Å². The Kier molecular flexibility index (Phi) is 3.44. The quantitative estimate of drug-likeness (QED) is 0.847. The SMILES string of the molecule is COCc1nc(Cn2cnc3c(c2=O)CCC3)cs1. The molecule has 1 aliphatic carbocycles. The summed E-state index contributed by atoms with van der Waals surface area (Å²) in [7, 11) is 1.65. The molecule has 0 atom stereocenters. The zero-order valence-electron chi connectivity index (χ0n) is 10.8. The molecule has 6 heteroatoms. The first kappa shape index (κ1) is 12.5. The van der Waals surface area contributed by atoms with Crippen LogP contribution in [-0.2, 0) is 30.7 Å². The number of ether oxygens (including phenoxy) is 1. The lowest BCUT2D eigenvalue weighted by Crippen LogP contribution is -2.25. The summed E-state index contributed by atoms with van der Waals surface area (Å²) in [6.07, 6.45) is 4.46. The van der Waals surface area contributed by atoms with Crippen LogP contribution in [0.25, 0.3) is 0 Å². The maximum absolute atomic E-state index is 12.3. The van der Waals surface area contributed by atoms with Gasteiger partial charge in [0.2, 0.25) is 0 Å². The summed E-state index contributed by atoms with van der Waals surface area (Å²) in [6.45, 7) is 1.00. The fraction of sp³-hybridized carbons (Fsp3) is 0.462. The summed E-state index contributed by atoms with van der Waals surface area (Å²) >= 11 is 1.55. The molecule has 0 unspecified atom stereocenters. The molecule has 100 valence electrons. The molecule has 0 aliphatic heterocycles. The van der Waals surface area contributed by atoms with Crippen LogP contribution in [0.15, 0.2) is 16.5 Å². The summed E-state index contributed by atoms with van der Waals surface area (Å²) in [4.78, 5) is 21.1. The van der Waals surface area contributed by atoms with Crippen molar-refractivity contribution in [2.45, 2.75) is 32.4 Å². The van der Waals surface area contributed by atoms with Gasteiger partial charge in [0.1, 0.15) is 5.01 Å².